The average molecular weight is 272 g/mol. The molecular weight excluding hydrogens is 252 g/mol. The van der Waals surface area contributed by atoms with Crippen LogP contribution in [0.5, 0.6) is 0 Å². The largest absolute Gasteiger partial charge is 0.327 e. The molecule has 0 fully saturated rings. The number of rotatable bonds is 4. The van der Waals surface area contributed by atoms with E-state index in [0.29, 0.717) is 0 Å². The molecule has 2 atom stereocenters. The maximum absolute atomic E-state index is 12.1. The standard InChI is InChI=1S/C15H20N4O/c1-10-8-9-19(18-10)14-7-5-4-6-13(14)17-15(20)11(2)12(3)16/h4-9,11-12H,16H2,1-3H3,(H,17,20). The van der Waals surface area contributed by atoms with Gasteiger partial charge in [0.2, 0.25) is 5.91 Å². The Balaban J connectivity index is 2.27. The Morgan fingerprint density at radius 3 is 2.60 bits per heavy atom. The van der Waals surface area contributed by atoms with Crippen LogP contribution < -0.4 is 11.1 Å². The second-order valence-electron chi connectivity index (χ2n) is 5.06. The lowest BCUT2D eigenvalue weighted by atomic mass is 10.0. The van der Waals surface area contributed by atoms with Crippen LogP contribution in [0.1, 0.15) is 19.5 Å². The predicted molar refractivity (Wildman–Crippen MR) is 79.7 cm³/mol. The van der Waals surface area contributed by atoms with Crippen molar-refractivity contribution in [1.82, 2.24) is 9.78 Å². The summed E-state index contributed by atoms with van der Waals surface area (Å²) in [4.78, 5) is 12.1. The molecule has 2 aromatic rings. The highest BCUT2D eigenvalue weighted by Crippen LogP contribution is 2.20. The molecule has 20 heavy (non-hydrogen) atoms. The first-order chi connectivity index (χ1) is 9.49. The fraction of sp³-hybridized carbons (Fsp3) is 0.333. The maximum Gasteiger partial charge on any atom is 0.228 e. The summed E-state index contributed by atoms with van der Waals surface area (Å²) < 4.78 is 1.75. The van der Waals surface area contributed by atoms with E-state index in [1.165, 1.54) is 0 Å². The van der Waals surface area contributed by atoms with Crippen molar-refractivity contribution in [2.75, 3.05) is 5.32 Å². The number of nitrogens with one attached hydrogen (secondary N) is 1. The molecule has 0 saturated carbocycles. The van der Waals surface area contributed by atoms with Crippen molar-refractivity contribution in [3.8, 4) is 5.69 Å². The number of hydrogen-bond acceptors (Lipinski definition) is 3. The van der Waals surface area contributed by atoms with E-state index < -0.39 is 0 Å². The lowest BCUT2D eigenvalue weighted by Crippen LogP contribution is -2.34. The molecule has 0 spiro atoms. The van der Waals surface area contributed by atoms with Crippen LogP contribution in [0, 0.1) is 12.8 Å². The van der Waals surface area contributed by atoms with Gasteiger partial charge < -0.3 is 11.1 Å². The molecule has 0 aliphatic carbocycles. The topological polar surface area (TPSA) is 72.9 Å². The van der Waals surface area contributed by atoms with Crippen LogP contribution in [0.15, 0.2) is 36.5 Å². The number of anilines is 1. The SMILES string of the molecule is Cc1ccn(-c2ccccc2NC(=O)C(C)C(C)N)n1. The summed E-state index contributed by atoms with van der Waals surface area (Å²) in [6.07, 6.45) is 1.87. The first kappa shape index (κ1) is 14.3. The van der Waals surface area contributed by atoms with E-state index in [9.17, 15) is 4.79 Å². The first-order valence-corrected chi connectivity index (χ1v) is 6.67. The van der Waals surface area contributed by atoms with Crippen LogP contribution in [0.25, 0.3) is 5.69 Å². The molecule has 2 unspecified atom stereocenters. The number of carbonyl (C=O) groups excluding carboxylic acids is 1. The van der Waals surface area contributed by atoms with Gasteiger partial charge in [-0.3, -0.25) is 4.79 Å². The van der Waals surface area contributed by atoms with Gasteiger partial charge in [0, 0.05) is 12.2 Å². The zero-order valence-corrected chi connectivity index (χ0v) is 12.0. The lowest BCUT2D eigenvalue weighted by molar-refractivity contribution is -0.119. The zero-order valence-electron chi connectivity index (χ0n) is 12.0. The summed E-state index contributed by atoms with van der Waals surface area (Å²) in [6, 6.07) is 9.30. The van der Waals surface area contributed by atoms with Crippen molar-refractivity contribution in [3.63, 3.8) is 0 Å². The first-order valence-electron chi connectivity index (χ1n) is 6.67. The van der Waals surface area contributed by atoms with Crippen LogP contribution in [-0.4, -0.2) is 21.7 Å². The summed E-state index contributed by atoms with van der Waals surface area (Å²) in [6.45, 7) is 5.57. The monoisotopic (exact) mass is 272 g/mol. The van der Waals surface area contributed by atoms with E-state index in [1.54, 1.807) is 4.68 Å². The van der Waals surface area contributed by atoms with Gasteiger partial charge in [-0.2, -0.15) is 5.10 Å². The number of aromatic nitrogens is 2. The Hall–Kier alpha value is -2.14. The minimum absolute atomic E-state index is 0.0867. The van der Waals surface area contributed by atoms with Gasteiger partial charge in [0.05, 0.1) is 23.0 Å². The Bertz CT molecular complexity index is 603. The highest BCUT2D eigenvalue weighted by atomic mass is 16.1. The number of nitrogens with zero attached hydrogens (tertiary/aromatic N) is 2. The van der Waals surface area contributed by atoms with Crippen molar-refractivity contribution in [2.45, 2.75) is 26.8 Å². The van der Waals surface area contributed by atoms with Crippen LogP contribution in [0.2, 0.25) is 0 Å². The van der Waals surface area contributed by atoms with Crippen molar-refractivity contribution in [2.24, 2.45) is 11.7 Å². The number of benzene rings is 1. The highest BCUT2D eigenvalue weighted by molar-refractivity contribution is 5.94. The third kappa shape index (κ3) is 3.05. The molecule has 106 valence electrons. The Morgan fingerprint density at radius 1 is 1.30 bits per heavy atom. The van der Waals surface area contributed by atoms with Gasteiger partial charge in [-0.1, -0.05) is 19.1 Å². The van der Waals surface area contributed by atoms with Gasteiger partial charge >= 0.3 is 0 Å². The van der Waals surface area contributed by atoms with Crippen LogP contribution in [-0.2, 0) is 4.79 Å². The molecular formula is C15H20N4O. The lowest BCUT2D eigenvalue weighted by Gasteiger charge is -2.17. The van der Waals surface area contributed by atoms with Gasteiger partial charge in [-0.15, -0.1) is 0 Å². The molecule has 0 aliphatic rings. The summed E-state index contributed by atoms with van der Waals surface area (Å²) in [5.74, 6) is -0.334. The minimum atomic E-state index is -0.248. The smallest absolute Gasteiger partial charge is 0.228 e. The molecule has 5 heteroatoms. The van der Waals surface area contributed by atoms with Crippen LogP contribution >= 0.6 is 0 Å². The van der Waals surface area contributed by atoms with Gasteiger partial charge in [0.1, 0.15) is 0 Å². The molecule has 0 saturated heterocycles. The molecule has 1 aromatic heterocycles. The van der Waals surface area contributed by atoms with Crippen LogP contribution in [0.4, 0.5) is 5.69 Å². The fourth-order valence-corrected chi connectivity index (χ4v) is 1.81. The normalized spacial score (nSPS) is 13.8. The maximum atomic E-state index is 12.1. The fourth-order valence-electron chi connectivity index (χ4n) is 1.81. The molecule has 0 radical (unpaired) electrons. The molecule has 1 amide bonds. The average Bonchev–Trinajstić information content (AvgIpc) is 2.84. The summed E-state index contributed by atoms with van der Waals surface area (Å²) in [5.41, 5.74) is 8.26. The van der Waals surface area contributed by atoms with Gasteiger partial charge in [0.25, 0.3) is 0 Å². The van der Waals surface area contributed by atoms with Gasteiger partial charge in [-0.25, -0.2) is 4.68 Å². The second-order valence-corrected chi connectivity index (χ2v) is 5.06. The second kappa shape index (κ2) is 5.88. The molecule has 0 bridgehead atoms. The number of carbonyl (C=O) groups is 1. The number of aryl methyl sites for hydroxylation is 1. The van der Waals surface area contributed by atoms with Crippen molar-refractivity contribution < 1.29 is 4.79 Å². The third-order valence-electron chi connectivity index (χ3n) is 3.33. The zero-order chi connectivity index (χ0) is 14.7. The highest BCUT2D eigenvalue weighted by Gasteiger charge is 2.18. The third-order valence-corrected chi connectivity index (χ3v) is 3.33. The molecule has 2 rings (SSSR count). The molecule has 1 aromatic carbocycles. The number of nitrogens with two attached hydrogens (primary N) is 1. The van der Waals surface area contributed by atoms with Gasteiger partial charge in [-0.05, 0) is 32.0 Å². The minimum Gasteiger partial charge on any atom is -0.327 e. The predicted octanol–water partition coefficient (Wildman–Crippen LogP) is 2.10. The van der Waals surface area contributed by atoms with E-state index in [-0.39, 0.29) is 17.9 Å². The van der Waals surface area contributed by atoms with E-state index >= 15 is 0 Å². The van der Waals surface area contributed by atoms with Gasteiger partial charge in [0.15, 0.2) is 0 Å². The molecule has 3 N–H and O–H groups in total. The Labute approximate surface area is 118 Å². The van der Waals surface area contributed by atoms with Crippen molar-refractivity contribution in [3.05, 3.63) is 42.2 Å². The Morgan fingerprint density at radius 2 is 2.00 bits per heavy atom. The summed E-state index contributed by atoms with van der Waals surface area (Å²) in [7, 11) is 0. The quantitative estimate of drug-likeness (QED) is 0.895. The summed E-state index contributed by atoms with van der Waals surface area (Å²) in [5, 5.41) is 7.29. The number of hydrogen-bond donors (Lipinski definition) is 2. The Kier molecular flexibility index (Phi) is 4.20. The summed E-state index contributed by atoms with van der Waals surface area (Å²) >= 11 is 0. The van der Waals surface area contributed by atoms with Crippen LogP contribution in [0.3, 0.4) is 0 Å². The van der Waals surface area contributed by atoms with E-state index in [2.05, 4.69) is 10.4 Å². The van der Waals surface area contributed by atoms with E-state index in [1.807, 2.05) is 57.3 Å². The number of para-hydroxylation sites is 2. The van der Waals surface area contributed by atoms with Crippen molar-refractivity contribution >= 4 is 11.6 Å². The van der Waals surface area contributed by atoms with Crippen molar-refractivity contribution in [1.29, 1.82) is 0 Å². The van der Waals surface area contributed by atoms with E-state index in [0.717, 1.165) is 17.1 Å². The molecule has 0 aliphatic heterocycles. The number of amides is 1. The molecule has 5 nitrogen and oxygen atoms in total. The van der Waals surface area contributed by atoms with E-state index in [4.69, 9.17) is 5.73 Å². The molecule has 1 heterocycles.